The smallest absolute Gasteiger partial charge is 0.277 e. The van der Waals surface area contributed by atoms with Gasteiger partial charge >= 0.3 is 0 Å². The van der Waals surface area contributed by atoms with Crippen molar-refractivity contribution in [3.63, 3.8) is 0 Å². The summed E-state index contributed by atoms with van der Waals surface area (Å²) in [5.74, 6) is -0.120. The van der Waals surface area contributed by atoms with Gasteiger partial charge in [0.25, 0.3) is 5.91 Å². The second kappa shape index (κ2) is 9.77. The van der Waals surface area contributed by atoms with Crippen molar-refractivity contribution in [3.05, 3.63) is 78.1 Å². The number of carbonyl (C=O) groups excluding carboxylic acids is 2. The van der Waals surface area contributed by atoms with Crippen LogP contribution < -0.4 is 10.2 Å². The van der Waals surface area contributed by atoms with Gasteiger partial charge in [-0.15, -0.1) is 0 Å². The van der Waals surface area contributed by atoms with Gasteiger partial charge in [0.2, 0.25) is 5.91 Å². The van der Waals surface area contributed by atoms with E-state index in [2.05, 4.69) is 34.1 Å². The molecule has 1 unspecified atom stereocenters. The zero-order valence-electron chi connectivity index (χ0n) is 19.3. The van der Waals surface area contributed by atoms with Crippen LogP contribution in [0.1, 0.15) is 62.3 Å². The van der Waals surface area contributed by atoms with Gasteiger partial charge in [-0.2, -0.15) is 0 Å². The Balaban J connectivity index is 2.11. The van der Waals surface area contributed by atoms with Crippen molar-refractivity contribution >= 4 is 17.5 Å². The quantitative estimate of drug-likeness (QED) is 0.581. The molecule has 0 aliphatic rings. The van der Waals surface area contributed by atoms with Gasteiger partial charge in [-0.3, -0.25) is 19.5 Å². The maximum Gasteiger partial charge on any atom is 0.277 e. The fraction of sp³-hybridized carbons (Fsp3) is 0.360. The van der Waals surface area contributed by atoms with Crippen LogP contribution in [0.3, 0.4) is 0 Å². The first-order valence-electron chi connectivity index (χ1n) is 10.8. The van der Waals surface area contributed by atoms with Gasteiger partial charge in [-0.05, 0) is 56.9 Å². The van der Waals surface area contributed by atoms with E-state index in [1.54, 1.807) is 24.5 Å². The molecule has 1 atom stereocenters. The highest BCUT2D eigenvalue weighted by atomic mass is 16.2. The van der Waals surface area contributed by atoms with Gasteiger partial charge in [0.15, 0.2) is 0 Å². The number of pyridine rings is 1. The van der Waals surface area contributed by atoms with E-state index in [0.717, 1.165) is 6.42 Å². The number of nitrogens with zero attached hydrogens (tertiary/aromatic N) is 3. The van der Waals surface area contributed by atoms with Crippen LogP contribution in [0.4, 0.5) is 5.69 Å². The van der Waals surface area contributed by atoms with Crippen molar-refractivity contribution in [2.24, 2.45) is 5.92 Å². The number of aromatic nitrogens is 3. The number of H-pyrrole nitrogens is 1. The van der Waals surface area contributed by atoms with Crippen molar-refractivity contribution in [2.75, 3.05) is 4.90 Å². The fourth-order valence-electron chi connectivity index (χ4n) is 3.54. The lowest BCUT2D eigenvalue weighted by molar-refractivity contribution is -0.123. The highest BCUT2D eigenvalue weighted by molar-refractivity contribution is 6.09. The third-order valence-electron chi connectivity index (χ3n) is 4.81. The minimum atomic E-state index is -0.908. The van der Waals surface area contributed by atoms with Crippen LogP contribution in [0.2, 0.25) is 0 Å². The van der Waals surface area contributed by atoms with Gasteiger partial charge in [-0.1, -0.05) is 32.0 Å². The molecule has 7 heteroatoms. The Hall–Kier alpha value is -3.48. The minimum absolute atomic E-state index is 0.287. The lowest BCUT2D eigenvalue weighted by Gasteiger charge is -2.33. The van der Waals surface area contributed by atoms with E-state index < -0.39 is 11.6 Å². The van der Waals surface area contributed by atoms with Gasteiger partial charge in [0, 0.05) is 29.2 Å². The lowest BCUT2D eigenvalue weighted by atomic mass is 10.00. The maximum atomic E-state index is 13.6. The number of benzene rings is 1. The standard InChI is InChI=1S/C25H31N5O2/c1-17(2)13-18-8-10-20(11-9-18)30(24(32)21-15-27-16-28-21)22(19-7-6-12-26-14-19)23(31)29-25(3,4)5/h6-12,14-17,22H,13H2,1-5H3,(H,27,28)(H,29,31). The highest BCUT2D eigenvalue weighted by Gasteiger charge is 2.35. The van der Waals surface area contributed by atoms with Crippen LogP contribution in [0.15, 0.2) is 61.3 Å². The topological polar surface area (TPSA) is 91.0 Å². The van der Waals surface area contributed by atoms with E-state index in [4.69, 9.17) is 0 Å². The lowest BCUT2D eigenvalue weighted by Crippen LogP contribution is -2.49. The number of aromatic amines is 1. The summed E-state index contributed by atoms with van der Waals surface area (Å²) in [6.07, 6.45) is 7.11. The summed E-state index contributed by atoms with van der Waals surface area (Å²) in [7, 11) is 0. The molecule has 2 aromatic heterocycles. The maximum absolute atomic E-state index is 13.6. The normalized spacial score (nSPS) is 12.4. The number of hydrogen-bond donors (Lipinski definition) is 2. The molecule has 0 radical (unpaired) electrons. The van der Waals surface area contributed by atoms with Crippen molar-refractivity contribution in [3.8, 4) is 0 Å². The molecule has 2 N–H and O–H groups in total. The Morgan fingerprint density at radius 3 is 2.31 bits per heavy atom. The molecule has 2 amide bonds. The van der Waals surface area contributed by atoms with Gasteiger partial charge in [0.1, 0.15) is 11.7 Å². The molecular formula is C25H31N5O2. The number of amides is 2. The Morgan fingerprint density at radius 2 is 1.78 bits per heavy atom. The third kappa shape index (κ3) is 5.81. The van der Waals surface area contributed by atoms with E-state index in [1.165, 1.54) is 23.0 Å². The van der Waals surface area contributed by atoms with Gasteiger partial charge in [-0.25, -0.2) is 4.98 Å². The molecule has 7 nitrogen and oxygen atoms in total. The Morgan fingerprint density at radius 1 is 1.06 bits per heavy atom. The highest BCUT2D eigenvalue weighted by Crippen LogP contribution is 2.30. The van der Waals surface area contributed by atoms with E-state index in [9.17, 15) is 9.59 Å². The molecule has 0 saturated heterocycles. The van der Waals surface area contributed by atoms with E-state index in [-0.39, 0.29) is 11.8 Å². The second-order valence-electron chi connectivity index (χ2n) is 9.33. The first kappa shape index (κ1) is 23.2. The molecule has 0 aliphatic carbocycles. The van der Waals surface area contributed by atoms with Crippen LogP contribution in [0.25, 0.3) is 0 Å². The number of hydrogen-bond acceptors (Lipinski definition) is 4. The average Bonchev–Trinajstić information content (AvgIpc) is 3.26. The first-order chi connectivity index (χ1) is 15.2. The van der Waals surface area contributed by atoms with Crippen molar-refractivity contribution in [2.45, 2.75) is 52.6 Å². The predicted molar refractivity (Wildman–Crippen MR) is 125 cm³/mol. The monoisotopic (exact) mass is 433 g/mol. The van der Waals surface area contributed by atoms with Gasteiger partial charge < -0.3 is 10.3 Å². The van der Waals surface area contributed by atoms with E-state index >= 15 is 0 Å². The zero-order valence-corrected chi connectivity index (χ0v) is 19.3. The molecule has 1 aromatic carbocycles. The van der Waals surface area contributed by atoms with Crippen molar-refractivity contribution in [1.29, 1.82) is 0 Å². The Bertz CT molecular complexity index is 1020. The van der Waals surface area contributed by atoms with E-state index in [1.807, 2.05) is 45.0 Å². The predicted octanol–water partition coefficient (Wildman–Crippen LogP) is 4.31. The summed E-state index contributed by atoms with van der Waals surface area (Å²) < 4.78 is 0. The first-order valence-corrected chi connectivity index (χ1v) is 10.8. The molecule has 32 heavy (non-hydrogen) atoms. The SMILES string of the molecule is CC(C)Cc1ccc(N(C(=O)c2cnc[nH]2)C(C(=O)NC(C)(C)C)c2cccnc2)cc1. The molecule has 2 heterocycles. The molecule has 0 bridgehead atoms. The number of carbonyl (C=O) groups is 2. The van der Waals surface area contributed by atoms with Crippen LogP contribution in [-0.2, 0) is 11.2 Å². The molecule has 0 fully saturated rings. The second-order valence-corrected chi connectivity index (χ2v) is 9.33. The fourth-order valence-corrected chi connectivity index (χ4v) is 3.54. The summed E-state index contributed by atoms with van der Waals surface area (Å²) in [6.45, 7) is 10.1. The number of anilines is 1. The minimum Gasteiger partial charge on any atom is -0.349 e. The van der Waals surface area contributed by atoms with Crippen molar-refractivity contribution < 1.29 is 9.59 Å². The Kier molecular flexibility index (Phi) is 7.08. The molecule has 0 spiro atoms. The third-order valence-corrected chi connectivity index (χ3v) is 4.81. The number of rotatable bonds is 7. The van der Waals surface area contributed by atoms with Crippen LogP contribution in [0.5, 0.6) is 0 Å². The van der Waals surface area contributed by atoms with Crippen LogP contribution in [-0.4, -0.2) is 32.3 Å². The van der Waals surface area contributed by atoms with Crippen LogP contribution >= 0.6 is 0 Å². The average molecular weight is 434 g/mol. The molecule has 0 aliphatic heterocycles. The largest absolute Gasteiger partial charge is 0.349 e. The molecule has 0 saturated carbocycles. The summed E-state index contributed by atoms with van der Waals surface area (Å²) in [5.41, 5.74) is 2.24. The molecule has 3 aromatic rings. The summed E-state index contributed by atoms with van der Waals surface area (Å²) in [5, 5.41) is 3.02. The number of imidazole rings is 1. The Labute approximate surface area is 189 Å². The summed E-state index contributed by atoms with van der Waals surface area (Å²) >= 11 is 0. The van der Waals surface area contributed by atoms with Crippen molar-refractivity contribution in [1.82, 2.24) is 20.3 Å². The molecule has 168 valence electrons. The summed E-state index contributed by atoms with van der Waals surface area (Å²) in [4.78, 5) is 39.7. The van der Waals surface area contributed by atoms with E-state index in [0.29, 0.717) is 22.9 Å². The summed E-state index contributed by atoms with van der Waals surface area (Å²) in [6, 6.07) is 10.4. The number of nitrogens with one attached hydrogen (secondary N) is 2. The van der Waals surface area contributed by atoms with Gasteiger partial charge in [0.05, 0.1) is 12.5 Å². The molecule has 3 rings (SSSR count). The van der Waals surface area contributed by atoms with Crippen LogP contribution in [0, 0.1) is 5.92 Å². The zero-order chi connectivity index (χ0) is 23.3. The molecular weight excluding hydrogens is 402 g/mol.